The highest BCUT2D eigenvalue weighted by atomic mass is 32.1. The number of carbonyl (C=O) groups excluding carboxylic acids is 1. The molecule has 4 rings (SSSR count). The monoisotopic (exact) mass is 355 g/mol. The minimum atomic E-state index is 0.232. The highest BCUT2D eigenvalue weighted by Crippen LogP contribution is 2.41. The van der Waals surface area contributed by atoms with E-state index in [1.54, 1.807) is 18.4 Å². The Morgan fingerprint density at radius 1 is 1.24 bits per heavy atom. The molecule has 132 valence electrons. The van der Waals surface area contributed by atoms with E-state index >= 15 is 0 Å². The van der Waals surface area contributed by atoms with Crippen molar-refractivity contribution in [1.29, 1.82) is 0 Å². The van der Waals surface area contributed by atoms with Gasteiger partial charge in [-0.2, -0.15) is 0 Å². The molecule has 1 amide bonds. The molecule has 3 nitrogen and oxygen atoms in total. The molecule has 0 spiro atoms. The fourth-order valence-corrected chi connectivity index (χ4v) is 5.38. The Bertz CT molecular complexity index is 795. The van der Waals surface area contributed by atoms with Crippen molar-refractivity contribution in [2.45, 2.75) is 51.5 Å². The average molecular weight is 356 g/mol. The molecule has 0 radical (unpaired) electrons. The van der Waals surface area contributed by atoms with Crippen LogP contribution in [0.5, 0.6) is 5.75 Å². The molecule has 1 unspecified atom stereocenters. The molecule has 1 saturated heterocycles. The number of aryl methyl sites for hydroxylation is 2. The zero-order chi connectivity index (χ0) is 17.4. The van der Waals surface area contributed by atoms with Gasteiger partial charge in [-0.15, -0.1) is 11.3 Å². The largest absolute Gasteiger partial charge is 0.497 e. The van der Waals surface area contributed by atoms with E-state index in [1.165, 1.54) is 28.0 Å². The topological polar surface area (TPSA) is 29.5 Å². The van der Waals surface area contributed by atoms with Crippen molar-refractivity contribution in [3.8, 4) is 16.2 Å². The number of methoxy groups -OCH3 is 1. The highest BCUT2D eigenvalue weighted by molar-refractivity contribution is 7.17. The van der Waals surface area contributed by atoms with Crippen molar-refractivity contribution in [3.05, 3.63) is 40.3 Å². The van der Waals surface area contributed by atoms with Gasteiger partial charge in [-0.3, -0.25) is 4.79 Å². The highest BCUT2D eigenvalue weighted by Gasteiger charge is 2.29. The van der Waals surface area contributed by atoms with E-state index in [2.05, 4.69) is 30.0 Å². The second-order valence-electron chi connectivity index (χ2n) is 7.04. The summed E-state index contributed by atoms with van der Waals surface area (Å²) in [6.07, 6.45) is 6.64. The normalized spacial score (nSPS) is 19.3. The lowest BCUT2D eigenvalue weighted by molar-refractivity contribution is 0.0613. The first-order chi connectivity index (χ1) is 12.2. The number of piperidine rings is 1. The molecule has 2 aromatic rings. The molecule has 1 aliphatic heterocycles. The van der Waals surface area contributed by atoms with Crippen LogP contribution in [0.4, 0.5) is 0 Å². The minimum Gasteiger partial charge on any atom is -0.497 e. The summed E-state index contributed by atoms with van der Waals surface area (Å²) in [6.45, 7) is 3.10. The summed E-state index contributed by atoms with van der Waals surface area (Å²) in [6, 6.07) is 8.87. The van der Waals surface area contributed by atoms with Gasteiger partial charge in [-0.1, -0.05) is 13.0 Å². The van der Waals surface area contributed by atoms with E-state index in [4.69, 9.17) is 4.74 Å². The number of carbonyl (C=O) groups is 1. The van der Waals surface area contributed by atoms with E-state index in [9.17, 15) is 4.79 Å². The number of hydrogen-bond donors (Lipinski definition) is 0. The number of rotatable bonds is 3. The number of thiophene rings is 1. The van der Waals surface area contributed by atoms with Crippen LogP contribution in [0.15, 0.2) is 24.3 Å². The quantitative estimate of drug-likeness (QED) is 0.781. The molecule has 2 heterocycles. The summed E-state index contributed by atoms with van der Waals surface area (Å²) < 4.78 is 5.40. The van der Waals surface area contributed by atoms with Crippen molar-refractivity contribution < 1.29 is 9.53 Å². The van der Waals surface area contributed by atoms with Gasteiger partial charge in [0, 0.05) is 17.5 Å². The van der Waals surface area contributed by atoms with E-state index in [0.717, 1.165) is 49.3 Å². The third-order valence-corrected chi connectivity index (χ3v) is 6.80. The van der Waals surface area contributed by atoms with Crippen LogP contribution in [0, 0.1) is 0 Å². The molecule has 25 heavy (non-hydrogen) atoms. The first-order valence-corrected chi connectivity index (χ1v) is 10.1. The maximum Gasteiger partial charge on any atom is 0.264 e. The summed E-state index contributed by atoms with van der Waals surface area (Å²) in [7, 11) is 1.70. The number of benzene rings is 1. The van der Waals surface area contributed by atoms with Crippen LogP contribution in [0.3, 0.4) is 0 Å². The van der Waals surface area contributed by atoms with Crippen molar-refractivity contribution >= 4 is 17.2 Å². The molecular formula is C21H25NO2S. The Morgan fingerprint density at radius 3 is 2.88 bits per heavy atom. The molecular weight excluding hydrogens is 330 g/mol. The standard InChI is InChI=1S/C21H25NO2S/c1-3-16-6-4-5-11-22(16)21(23)19-12-15-8-7-14-9-10-17(24-2)13-18(14)20(15)25-19/h9-10,12-13,16H,3-8,11H2,1-2H3. The zero-order valence-corrected chi connectivity index (χ0v) is 15.8. The lowest BCUT2D eigenvalue weighted by Crippen LogP contribution is -2.43. The summed E-state index contributed by atoms with van der Waals surface area (Å²) in [5.41, 5.74) is 3.92. The second-order valence-corrected chi connectivity index (χ2v) is 8.10. The number of fused-ring (bicyclic) bond motifs is 3. The Hall–Kier alpha value is -1.81. The predicted molar refractivity (Wildman–Crippen MR) is 103 cm³/mol. The molecule has 2 aliphatic rings. The summed E-state index contributed by atoms with van der Waals surface area (Å²) in [5.74, 6) is 1.12. The fourth-order valence-electron chi connectivity index (χ4n) is 4.16. The Morgan fingerprint density at radius 2 is 2.08 bits per heavy atom. The molecule has 1 aromatic carbocycles. The number of amides is 1. The van der Waals surface area contributed by atoms with E-state index in [1.807, 2.05) is 6.07 Å². The minimum absolute atomic E-state index is 0.232. The number of hydrogen-bond acceptors (Lipinski definition) is 3. The van der Waals surface area contributed by atoms with Crippen LogP contribution >= 0.6 is 11.3 Å². The van der Waals surface area contributed by atoms with Crippen molar-refractivity contribution in [2.24, 2.45) is 0 Å². The van der Waals surface area contributed by atoms with Crippen molar-refractivity contribution in [1.82, 2.24) is 4.90 Å². The Kier molecular flexibility index (Phi) is 4.55. The van der Waals surface area contributed by atoms with Crippen LogP contribution in [0.1, 0.15) is 53.4 Å². The number of ether oxygens (including phenoxy) is 1. The molecule has 1 fully saturated rings. The maximum absolute atomic E-state index is 13.1. The smallest absolute Gasteiger partial charge is 0.264 e. The summed E-state index contributed by atoms with van der Waals surface area (Å²) >= 11 is 1.66. The van der Waals surface area contributed by atoms with Crippen LogP contribution < -0.4 is 4.74 Å². The van der Waals surface area contributed by atoms with Gasteiger partial charge in [0.25, 0.3) is 5.91 Å². The van der Waals surface area contributed by atoms with Gasteiger partial charge in [0.05, 0.1) is 12.0 Å². The van der Waals surface area contributed by atoms with E-state index < -0.39 is 0 Å². The van der Waals surface area contributed by atoms with Gasteiger partial charge in [0.15, 0.2) is 0 Å². The Balaban J connectivity index is 1.68. The first kappa shape index (κ1) is 16.6. The molecule has 0 saturated carbocycles. The first-order valence-electron chi connectivity index (χ1n) is 9.32. The summed E-state index contributed by atoms with van der Waals surface area (Å²) in [4.78, 5) is 17.4. The third-order valence-electron chi connectivity index (χ3n) is 5.60. The van der Waals surface area contributed by atoms with Gasteiger partial charge in [0.2, 0.25) is 0 Å². The maximum atomic E-state index is 13.1. The fraction of sp³-hybridized carbons (Fsp3) is 0.476. The Labute approximate surface area is 153 Å². The molecule has 1 atom stereocenters. The van der Waals surface area contributed by atoms with Gasteiger partial charge in [0.1, 0.15) is 5.75 Å². The lowest BCUT2D eigenvalue weighted by Gasteiger charge is -2.35. The zero-order valence-electron chi connectivity index (χ0n) is 15.0. The van der Waals surface area contributed by atoms with Crippen LogP contribution in [0.25, 0.3) is 10.4 Å². The molecule has 1 aromatic heterocycles. The molecule has 0 N–H and O–H groups in total. The van der Waals surface area contributed by atoms with Crippen LogP contribution in [-0.4, -0.2) is 30.5 Å². The van der Waals surface area contributed by atoms with E-state index in [-0.39, 0.29) is 5.91 Å². The molecule has 0 bridgehead atoms. The van der Waals surface area contributed by atoms with E-state index in [0.29, 0.717) is 6.04 Å². The number of nitrogens with zero attached hydrogens (tertiary/aromatic N) is 1. The van der Waals surface area contributed by atoms with Crippen molar-refractivity contribution in [3.63, 3.8) is 0 Å². The van der Waals surface area contributed by atoms with Crippen LogP contribution in [0.2, 0.25) is 0 Å². The van der Waals surface area contributed by atoms with Gasteiger partial charge in [-0.05, 0) is 73.4 Å². The molecule has 4 heteroatoms. The number of likely N-dealkylation sites (tertiary alicyclic amines) is 1. The predicted octanol–water partition coefficient (Wildman–Crippen LogP) is 4.93. The summed E-state index contributed by atoms with van der Waals surface area (Å²) in [5, 5.41) is 0. The van der Waals surface area contributed by atoms with Crippen LogP contribution in [-0.2, 0) is 12.8 Å². The van der Waals surface area contributed by atoms with Crippen molar-refractivity contribution in [2.75, 3.05) is 13.7 Å². The average Bonchev–Trinajstić information content (AvgIpc) is 3.11. The lowest BCUT2D eigenvalue weighted by atomic mass is 9.91. The van der Waals surface area contributed by atoms with Gasteiger partial charge >= 0.3 is 0 Å². The van der Waals surface area contributed by atoms with Gasteiger partial charge in [-0.25, -0.2) is 0 Å². The second kappa shape index (κ2) is 6.83. The SMILES string of the molecule is CCC1CCCCN1C(=O)c1cc2c(s1)-c1cc(OC)ccc1CC2. The van der Waals surface area contributed by atoms with Gasteiger partial charge < -0.3 is 9.64 Å². The third kappa shape index (κ3) is 2.97. The molecule has 1 aliphatic carbocycles.